The Balaban J connectivity index is 2.14. The number of aliphatic hydroxyl groups excluding tert-OH is 1. The lowest BCUT2D eigenvalue weighted by molar-refractivity contribution is 0.0872. The molecule has 0 bridgehead atoms. The third-order valence-electron chi connectivity index (χ3n) is 3.09. The van der Waals surface area contributed by atoms with Crippen LogP contribution in [0.2, 0.25) is 0 Å². The van der Waals surface area contributed by atoms with Gasteiger partial charge in [-0.2, -0.15) is 0 Å². The minimum atomic E-state index is -0.632. The lowest BCUT2D eigenvalue weighted by Gasteiger charge is -2.22. The number of rotatable bonds is 5. The summed E-state index contributed by atoms with van der Waals surface area (Å²) in [5.74, 6) is -0.177. The highest BCUT2D eigenvalue weighted by Crippen LogP contribution is 2.21. The Morgan fingerprint density at radius 2 is 2.00 bits per heavy atom. The van der Waals surface area contributed by atoms with E-state index in [9.17, 15) is 9.90 Å². The van der Waals surface area contributed by atoms with Crippen LogP contribution in [0.15, 0.2) is 30.3 Å². The number of hydrogen-bond donors (Lipinski definition) is 2. The highest BCUT2D eigenvalue weighted by atomic mass is 32.1. The number of thiazole rings is 1. The number of aryl methyl sites for hydroxylation is 1. The zero-order chi connectivity index (χ0) is 15.5. The van der Waals surface area contributed by atoms with Gasteiger partial charge in [0.15, 0.2) is 0 Å². The zero-order valence-electron chi connectivity index (χ0n) is 12.5. The fraction of sp³-hybridized carbons (Fsp3) is 0.375. The second-order valence-electron chi connectivity index (χ2n) is 5.68. The first-order chi connectivity index (χ1) is 9.91. The topological polar surface area (TPSA) is 62.2 Å². The molecule has 1 aromatic carbocycles. The Morgan fingerprint density at radius 3 is 2.62 bits per heavy atom. The molecule has 2 aromatic rings. The van der Waals surface area contributed by atoms with Crippen molar-refractivity contribution in [2.24, 2.45) is 0 Å². The van der Waals surface area contributed by atoms with Gasteiger partial charge in [-0.25, -0.2) is 4.98 Å². The summed E-state index contributed by atoms with van der Waals surface area (Å²) < 4.78 is 0. The van der Waals surface area contributed by atoms with Gasteiger partial charge in [-0.3, -0.25) is 4.79 Å². The van der Waals surface area contributed by atoms with Crippen molar-refractivity contribution in [2.45, 2.75) is 32.7 Å². The van der Waals surface area contributed by atoms with Gasteiger partial charge < -0.3 is 10.4 Å². The Hall–Kier alpha value is -1.72. The van der Waals surface area contributed by atoms with Crippen LogP contribution < -0.4 is 5.32 Å². The normalized spacial score (nSPS) is 11.4. The molecule has 0 radical (unpaired) electrons. The molecule has 112 valence electrons. The number of carbonyl (C=O) groups excluding carboxylic acids is 1. The fourth-order valence-electron chi connectivity index (χ4n) is 1.91. The van der Waals surface area contributed by atoms with Gasteiger partial charge in [-0.05, 0) is 26.3 Å². The van der Waals surface area contributed by atoms with Crippen molar-refractivity contribution in [3.05, 3.63) is 51.5 Å². The highest BCUT2D eigenvalue weighted by molar-refractivity contribution is 7.13. The second kappa shape index (κ2) is 6.37. The minimum absolute atomic E-state index is 0.104. The smallest absolute Gasteiger partial charge is 0.263 e. The lowest BCUT2D eigenvalue weighted by atomic mass is 10.1. The van der Waals surface area contributed by atoms with Gasteiger partial charge in [0.1, 0.15) is 4.88 Å². The molecular formula is C16H20N2O2S. The molecule has 2 rings (SSSR count). The summed E-state index contributed by atoms with van der Waals surface area (Å²) in [7, 11) is 0. The third-order valence-corrected chi connectivity index (χ3v) is 4.25. The monoisotopic (exact) mass is 304 g/mol. The van der Waals surface area contributed by atoms with E-state index in [2.05, 4.69) is 10.3 Å². The molecule has 1 amide bonds. The number of benzene rings is 1. The maximum atomic E-state index is 12.3. The van der Waals surface area contributed by atoms with Gasteiger partial charge >= 0.3 is 0 Å². The van der Waals surface area contributed by atoms with Crippen molar-refractivity contribution in [3.8, 4) is 0 Å². The number of amides is 1. The average molecular weight is 304 g/mol. The lowest BCUT2D eigenvalue weighted by Crippen LogP contribution is -2.46. The van der Waals surface area contributed by atoms with E-state index in [1.54, 1.807) is 13.8 Å². The molecule has 0 atom stereocenters. The number of aromatic nitrogens is 1. The molecule has 0 spiro atoms. The Kier molecular flexibility index (Phi) is 4.75. The van der Waals surface area contributed by atoms with E-state index in [4.69, 9.17) is 0 Å². The molecule has 4 nitrogen and oxygen atoms in total. The molecule has 21 heavy (non-hydrogen) atoms. The molecule has 1 aromatic heterocycles. The largest absolute Gasteiger partial charge is 0.394 e. The summed E-state index contributed by atoms with van der Waals surface area (Å²) in [6.07, 6.45) is 0.725. The fourth-order valence-corrected chi connectivity index (χ4v) is 2.91. The Labute approximate surface area is 128 Å². The number of hydrogen-bond acceptors (Lipinski definition) is 4. The number of aliphatic hydroxyl groups is 1. The summed E-state index contributed by atoms with van der Waals surface area (Å²) in [5, 5.41) is 13.0. The first kappa shape index (κ1) is 15.7. The summed E-state index contributed by atoms with van der Waals surface area (Å²) >= 11 is 1.41. The van der Waals surface area contributed by atoms with E-state index in [-0.39, 0.29) is 12.5 Å². The third kappa shape index (κ3) is 4.12. The van der Waals surface area contributed by atoms with Crippen molar-refractivity contribution in [3.63, 3.8) is 0 Å². The van der Waals surface area contributed by atoms with Crippen molar-refractivity contribution in [1.29, 1.82) is 0 Å². The SMILES string of the molecule is Cc1nc(Cc2ccccc2)sc1C(=O)NC(C)(C)CO. The van der Waals surface area contributed by atoms with E-state index < -0.39 is 5.54 Å². The van der Waals surface area contributed by atoms with Crippen LogP contribution in [0, 0.1) is 6.92 Å². The van der Waals surface area contributed by atoms with E-state index >= 15 is 0 Å². The number of carbonyl (C=O) groups is 1. The Morgan fingerprint density at radius 1 is 1.33 bits per heavy atom. The molecule has 2 N–H and O–H groups in total. The van der Waals surface area contributed by atoms with Crippen molar-refractivity contribution >= 4 is 17.2 Å². The van der Waals surface area contributed by atoms with Gasteiger partial charge in [-0.1, -0.05) is 30.3 Å². The van der Waals surface area contributed by atoms with Gasteiger partial charge in [0, 0.05) is 6.42 Å². The van der Waals surface area contributed by atoms with E-state index in [0.29, 0.717) is 4.88 Å². The average Bonchev–Trinajstić information content (AvgIpc) is 2.80. The Bertz CT molecular complexity index is 620. The van der Waals surface area contributed by atoms with E-state index in [1.165, 1.54) is 16.9 Å². The molecular weight excluding hydrogens is 284 g/mol. The molecule has 5 heteroatoms. The highest BCUT2D eigenvalue weighted by Gasteiger charge is 2.23. The van der Waals surface area contributed by atoms with Crippen LogP contribution in [-0.2, 0) is 6.42 Å². The zero-order valence-corrected chi connectivity index (χ0v) is 13.3. The van der Waals surface area contributed by atoms with Crippen LogP contribution in [0.3, 0.4) is 0 Å². The molecule has 0 unspecified atom stereocenters. The molecule has 1 heterocycles. The van der Waals surface area contributed by atoms with Crippen LogP contribution >= 0.6 is 11.3 Å². The van der Waals surface area contributed by atoms with E-state index in [1.807, 2.05) is 37.3 Å². The van der Waals surface area contributed by atoms with Gasteiger partial charge in [0.2, 0.25) is 0 Å². The van der Waals surface area contributed by atoms with Crippen LogP contribution in [0.4, 0.5) is 0 Å². The van der Waals surface area contributed by atoms with Crippen molar-refractivity contribution in [2.75, 3.05) is 6.61 Å². The van der Waals surface area contributed by atoms with Crippen molar-refractivity contribution in [1.82, 2.24) is 10.3 Å². The van der Waals surface area contributed by atoms with Crippen LogP contribution in [-0.4, -0.2) is 28.1 Å². The molecule has 0 aliphatic rings. The van der Waals surface area contributed by atoms with E-state index in [0.717, 1.165) is 17.1 Å². The summed E-state index contributed by atoms with van der Waals surface area (Å²) in [6.45, 7) is 5.30. The summed E-state index contributed by atoms with van der Waals surface area (Å²) in [4.78, 5) is 17.3. The summed E-state index contributed by atoms with van der Waals surface area (Å²) in [5.41, 5.74) is 1.28. The number of nitrogens with zero attached hydrogens (tertiary/aromatic N) is 1. The molecule has 0 aliphatic heterocycles. The number of nitrogens with one attached hydrogen (secondary N) is 1. The summed E-state index contributed by atoms with van der Waals surface area (Å²) in [6, 6.07) is 10.1. The molecule has 0 aliphatic carbocycles. The quantitative estimate of drug-likeness (QED) is 0.892. The van der Waals surface area contributed by atoms with Gasteiger partial charge in [0.05, 0.1) is 22.8 Å². The molecule has 0 saturated heterocycles. The second-order valence-corrected chi connectivity index (χ2v) is 6.76. The van der Waals surface area contributed by atoms with Gasteiger partial charge in [0.25, 0.3) is 5.91 Å². The van der Waals surface area contributed by atoms with Crippen LogP contribution in [0.1, 0.15) is 39.8 Å². The predicted octanol–water partition coefficient (Wildman–Crippen LogP) is 2.54. The van der Waals surface area contributed by atoms with Crippen molar-refractivity contribution < 1.29 is 9.90 Å². The maximum Gasteiger partial charge on any atom is 0.263 e. The predicted molar refractivity (Wildman–Crippen MR) is 84.7 cm³/mol. The first-order valence-electron chi connectivity index (χ1n) is 6.85. The van der Waals surface area contributed by atoms with Crippen LogP contribution in [0.5, 0.6) is 0 Å². The molecule has 0 saturated carbocycles. The standard InChI is InChI=1S/C16H20N2O2S/c1-11-14(15(20)18-16(2,3)10-19)21-13(17-11)9-12-7-5-4-6-8-12/h4-8,19H,9-10H2,1-3H3,(H,18,20). The molecule has 0 fully saturated rings. The van der Waals surface area contributed by atoms with Gasteiger partial charge in [-0.15, -0.1) is 11.3 Å². The van der Waals surface area contributed by atoms with Crippen LogP contribution in [0.25, 0.3) is 0 Å². The maximum absolute atomic E-state index is 12.3. The minimum Gasteiger partial charge on any atom is -0.394 e. The first-order valence-corrected chi connectivity index (χ1v) is 7.66.